The van der Waals surface area contributed by atoms with E-state index < -0.39 is 4.92 Å². The van der Waals surface area contributed by atoms with Crippen molar-refractivity contribution >= 4 is 40.5 Å². The van der Waals surface area contributed by atoms with Crippen LogP contribution in [0, 0.1) is 16.2 Å². The molecule has 2 aromatic carbocycles. The van der Waals surface area contributed by atoms with Gasteiger partial charge in [0.25, 0.3) is 5.69 Å². The summed E-state index contributed by atoms with van der Waals surface area (Å²) in [7, 11) is 0. The normalized spacial score (nSPS) is 10.3. The lowest BCUT2D eigenvalue weighted by atomic mass is 10.3. The second-order valence-corrected chi connectivity index (χ2v) is 4.63. The molecule has 4 nitrogen and oxygen atoms in total. The minimum absolute atomic E-state index is 0.0881. The van der Waals surface area contributed by atoms with Crippen molar-refractivity contribution in [3.05, 3.63) is 61.6 Å². The van der Waals surface area contributed by atoms with E-state index in [0.717, 1.165) is 0 Å². The number of nitro groups is 1. The maximum absolute atomic E-state index is 10.6. The molecule has 0 atom stereocenters. The van der Waals surface area contributed by atoms with Gasteiger partial charge in [-0.25, -0.2) is 0 Å². The molecule has 0 N–H and O–H groups in total. The Kier molecular flexibility index (Phi) is 4.14. The highest BCUT2D eigenvalue weighted by Crippen LogP contribution is 2.39. The zero-order valence-corrected chi connectivity index (χ0v) is 11.5. The highest BCUT2D eigenvalue weighted by atomic mass is 35.5. The van der Waals surface area contributed by atoms with Crippen molar-refractivity contribution in [2.24, 2.45) is 0 Å². The van der Waals surface area contributed by atoms with Crippen molar-refractivity contribution in [2.45, 2.75) is 0 Å². The van der Waals surface area contributed by atoms with E-state index in [1.807, 2.05) is 0 Å². The SMILES string of the molecule is O=[N+]([O-])c1ccc(Oc2c(Cl)[c]ccc2Cl)c(Cl)c1. The standard InChI is InChI=1S/C12H5Cl3NO3/c13-8-2-1-3-9(14)12(8)19-11-5-4-7(16(17)18)6-10(11)15/h1-2,4-6H. The third kappa shape index (κ3) is 3.10. The first kappa shape index (κ1) is 13.9. The van der Waals surface area contributed by atoms with E-state index in [4.69, 9.17) is 39.5 Å². The number of benzene rings is 2. The van der Waals surface area contributed by atoms with Crippen LogP contribution in [0.2, 0.25) is 15.1 Å². The van der Waals surface area contributed by atoms with Crippen LogP contribution in [0.3, 0.4) is 0 Å². The molecule has 0 fully saturated rings. The molecule has 0 saturated heterocycles. The van der Waals surface area contributed by atoms with Crippen LogP contribution in [-0.2, 0) is 0 Å². The van der Waals surface area contributed by atoms with Gasteiger partial charge in [-0.2, -0.15) is 0 Å². The van der Waals surface area contributed by atoms with Gasteiger partial charge in [-0.1, -0.05) is 40.9 Å². The van der Waals surface area contributed by atoms with Gasteiger partial charge in [0.05, 0.1) is 20.0 Å². The van der Waals surface area contributed by atoms with Gasteiger partial charge in [0, 0.05) is 18.2 Å². The molecule has 0 aliphatic heterocycles. The number of hydrogen-bond acceptors (Lipinski definition) is 3. The minimum atomic E-state index is -0.550. The van der Waals surface area contributed by atoms with E-state index >= 15 is 0 Å². The van der Waals surface area contributed by atoms with E-state index in [-0.39, 0.29) is 32.3 Å². The fourth-order valence-corrected chi connectivity index (χ4v) is 1.98. The summed E-state index contributed by atoms with van der Waals surface area (Å²) in [5, 5.41) is 11.2. The zero-order valence-electron chi connectivity index (χ0n) is 9.19. The molecule has 0 heterocycles. The average Bonchev–Trinajstić information content (AvgIpc) is 2.35. The lowest BCUT2D eigenvalue weighted by molar-refractivity contribution is -0.384. The highest BCUT2D eigenvalue weighted by Gasteiger charge is 2.14. The van der Waals surface area contributed by atoms with E-state index in [2.05, 4.69) is 6.07 Å². The van der Waals surface area contributed by atoms with Crippen LogP contribution in [0.15, 0.2) is 30.3 Å². The molecule has 0 amide bonds. The molecule has 0 spiro atoms. The van der Waals surface area contributed by atoms with Gasteiger partial charge >= 0.3 is 0 Å². The summed E-state index contributed by atoms with van der Waals surface area (Å²) >= 11 is 17.7. The maximum atomic E-state index is 10.6. The second kappa shape index (κ2) is 5.65. The zero-order chi connectivity index (χ0) is 14.0. The number of halogens is 3. The quantitative estimate of drug-likeness (QED) is 0.581. The van der Waals surface area contributed by atoms with Gasteiger partial charge in [0.1, 0.15) is 5.75 Å². The summed E-state index contributed by atoms with van der Waals surface area (Å²) in [6, 6.07) is 9.66. The van der Waals surface area contributed by atoms with Gasteiger partial charge < -0.3 is 4.74 Å². The molecule has 97 valence electrons. The molecule has 0 aliphatic carbocycles. The van der Waals surface area contributed by atoms with Crippen molar-refractivity contribution in [1.82, 2.24) is 0 Å². The van der Waals surface area contributed by atoms with Crippen molar-refractivity contribution in [2.75, 3.05) is 0 Å². The topological polar surface area (TPSA) is 52.4 Å². The van der Waals surface area contributed by atoms with Crippen LogP contribution in [-0.4, -0.2) is 4.92 Å². The number of ether oxygens (including phenoxy) is 1. The molecular formula is C12H5Cl3NO3. The lowest BCUT2D eigenvalue weighted by Gasteiger charge is -2.10. The van der Waals surface area contributed by atoms with Crippen molar-refractivity contribution < 1.29 is 9.66 Å². The van der Waals surface area contributed by atoms with Crippen LogP contribution in [0.1, 0.15) is 0 Å². The number of non-ortho nitro benzene ring substituents is 1. The molecule has 2 rings (SSSR count). The smallest absolute Gasteiger partial charge is 0.271 e. The number of hydrogen-bond donors (Lipinski definition) is 0. The van der Waals surface area contributed by atoms with Crippen LogP contribution in [0.5, 0.6) is 11.5 Å². The Hall–Kier alpha value is -1.49. The Morgan fingerprint density at radius 1 is 1.16 bits per heavy atom. The minimum Gasteiger partial charge on any atom is -0.453 e. The number of nitrogens with zero attached hydrogens (tertiary/aromatic N) is 1. The first-order chi connectivity index (χ1) is 8.99. The molecule has 1 radical (unpaired) electrons. The van der Waals surface area contributed by atoms with Crippen molar-refractivity contribution in [3.8, 4) is 11.5 Å². The largest absolute Gasteiger partial charge is 0.453 e. The fourth-order valence-electron chi connectivity index (χ4n) is 1.32. The first-order valence-corrected chi connectivity index (χ1v) is 6.10. The lowest BCUT2D eigenvalue weighted by Crippen LogP contribution is -1.91. The Balaban J connectivity index is 2.36. The summed E-state index contributed by atoms with van der Waals surface area (Å²) in [6.45, 7) is 0. The number of nitro benzene ring substituents is 1. The molecule has 2 aromatic rings. The monoisotopic (exact) mass is 316 g/mol. The molecular weight excluding hydrogens is 312 g/mol. The second-order valence-electron chi connectivity index (χ2n) is 3.44. The third-order valence-corrected chi connectivity index (χ3v) is 3.07. The Morgan fingerprint density at radius 3 is 2.47 bits per heavy atom. The van der Waals surface area contributed by atoms with E-state index in [1.165, 1.54) is 18.2 Å². The van der Waals surface area contributed by atoms with Gasteiger partial charge in [-0.3, -0.25) is 10.1 Å². The predicted molar refractivity (Wildman–Crippen MR) is 73.5 cm³/mol. The van der Waals surface area contributed by atoms with Gasteiger partial charge in [0.2, 0.25) is 0 Å². The maximum Gasteiger partial charge on any atom is 0.271 e. The summed E-state index contributed by atoms with van der Waals surface area (Å²) in [4.78, 5) is 10.0. The molecule has 0 unspecified atom stereocenters. The van der Waals surface area contributed by atoms with E-state index in [1.54, 1.807) is 12.1 Å². The van der Waals surface area contributed by atoms with Crippen LogP contribution in [0.25, 0.3) is 0 Å². The fraction of sp³-hybridized carbons (Fsp3) is 0. The van der Waals surface area contributed by atoms with Gasteiger partial charge in [-0.15, -0.1) is 0 Å². The summed E-state index contributed by atoms with van der Waals surface area (Å²) in [5.41, 5.74) is -0.130. The van der Waals surface area contributed by atoms with Crippen LogP contribution < -0.4 is 4.74 Å². The van der Waals surface area contributed by atoms with Gasteiger partial charge in [-0.05, 0) is 12.1 Å². The molecule has 7 heteroatoms. The Morgan fingerprint density at radius 2 is 1.89 bits per heavy atom. The van der Waals surface area contributed by atoms with Crippen molar-refractivity contribution in [1.29, 1.82) is 0 Å². The summed E-state index contributed by atoms with van der Waals surface area (Å²) < 4.78 is 5.46. The Labute approximate surface area is 123 Å². The number of rotatable bonds is 3. The summed E-state index contributed by atoms with van der Waals surface area (Å²) in [5.74, 6) is 0.414. The average molecular weight is 318 g/mol. The van der Waals surface area contributed by atoms with Gasteiger partial charge in [0.15, 0.2) is 5.75 Å². The first-order valence-electron chi connectivity index (χ1n) is 4.96. The van der Waals surface area contributed by atoms with E-state index in [0.29, 0.717) is 0 Å². The highest BCUT2D eigenvalue weighted by molar-refractivity contribution is 6.37. The van der Waals surface area contributed by atoms with Crippen LogP contribution >= 0.6 is 34.8 Å². The van der Waals surface area contributed by atoms with Crippen molar-refractivity contribution in [3.63, 3.8) is 0 Å². The molecule has 0 bridgehead atoms. The Bertz CT molecular complexity index is 626. The predicted octanol–water partition coefficient (Wildman–Crippen LogP) is 5.15. The summed E-state index contributed by atoms with van der Waals surface area (Å²) in [6.07, 6.45) is 0. The third-order valence-electron chi connectivity index (χ3n) is 2.19. The molecule has 0 aliphatic rings. The van der Waals surface area contributed by atoms with E-state index in [9.17, 15) is 10.1 Å². The molecule has 0 saturated carbocycles. The van der Waals surface area contributed by atoms with Crippen LogP contribution in [0.4, 0.5) is 5.69 Å². The molecule has 0 aromatic heterocycles. The molecule has 19 heavy (non-hydrogen) atoms.